The Morgan fingerprint density at radius 1 is 1.80 bits per heavy atom. The molecule has 0 saturated carbocycles. The second-order valence-electron chi connectivity index (χ2n) is 1.89. The monoisotopic (exact) mass is 158 g/mol. The van der Waals surface area contributed by atoms with E-state index in [4.69, 9.17) is 0 Å². The zero-order valence-electron chi connectivity index (χ0n) is 5.29. The van der Waals surface area contributed by atoms with Gasteiger partial charge in [-0.2, -0.15) is 0 Å². The summed E-state index contributed by atoms with van der Waals surface area (Å²) < 4.78 is 12.7. The van der Waals surface area contributed by atoms with Crippen molar-refractivity contribution in [1.82, 2.24) is 0 Å². The minimum absolute atomic E-state index is 0.0273. The van der Waals surface area contributed by atoms with Crippen molar-refractivity contribution in [1.29, 1.82) is 0 Å². The minimum Gasteiger partial charge on any atom is -0.303 e. The lowest BCUT2D eigenvalue weighted by Gasteiger charge is -1.97. The smallest absolute Gasteiger partial charge is 0.141 e. The molecule has 0 aliphatic rings. The summed E-state index contributed by atoms with van der Waals surface area (Å²) in [5.41, 5.74) is 0. The summed E-state index contributed by atoms with van der Waals surface area (Å²) in [6.45, 7) is 0. The van der Waals surface area contributed by atoms with Crippen molar-refractivity contribution in [2.24, 2.45) is 0 Å². The summed E-state index contributed by atoms with van der Waals surface area (Å²) in [5.74, 6) is 0. The maximum Gasteiger partial charge on any atom is 0.141 e. The summed E-state index contributed by atoms with van der Waals surface area (Å²) in [5, 5.41) is 1.80. The van der Waals surface area contributed by atoms with Crippen LogP contribution >= 0.6 is 11.3 Å². The molecule has 1 aromatic heterocycles. The molecule has 0 saturated heterocycles. The average molecular weight is 158 g/mol. The van der Waals surface area contributed by atoms with Crippen LogP contribution in [0.1, 0.15) is 17.5 Å². The van der Waals surface area contributed by atoms with Gasteiger partial charge in [0.05, 0.1) is 0 Å². The molecule has 0 aliphatic carbocycles. The summed E-state index contributed by atoms with van der Waals surface area (Å²) in [4.78, 5) is 10.5. The number of thiophene rings is 1. The molecule has 0 bridgehead atoms. The highest BCUT2D eigenvalue weighted by Gasteiger charge is 2.08. The molecular formula is C7H7FOS. The number of alkyl halides is 1. The van der Waals surface area contributed by atoms with Crippen LogP contribution in [0.2, 0.25) is 0 Å². The van der Waals surface area contributed by atoms with E-state index in [2.05, 4.69) is 0 Å². The summed E-state index contributed by atoms with van der Waals surface area (Å²) in [6, 6.07) is 3.47. The quantitative estimate of drug-likeness (QED) is 0.617. The second kappa shape index (κ2) is 3.46. The van der Waals surface area contributed by atoms with Crippen molar-refractivity contribution < 1.29 is 9.18 Å². The predicted octanol–water partition coefficient (Wildman–Crippen LogP) is 2.35. The Morgan fingerprint density at radius 3 is 3.10 bits per heavy atom. The van der Waals surface area contributed by atoms with Crippen LogP contribution in [0.15, 0.2) is 17.5 Å². The molecule has 0 fully saturated rings. The first-order valence-corrected chi connectivity index (χ1v) is 3.83. The van der Waals surface area contributed by atoms with E-state index in [1.165, 1.54) is 11.3 Å². The maximum atomic E-state index is 12.7. The lowest BCUT2D eigenvalue weighted by atomic mass is 10.2. The molecule has 0 spiro atoms. The van der Waals surface area contributed by atoms with Gasteiger partial charge in [-0.1, -0.05) is 6.07 Å². The fourth-order valence-electron chi connectivity index (χ4n) is 0.670. The topological polar surface area (TPSA) is 17.1 Å². The van der Waals surface area contributed by atoms with Gasteiger partial charge in [-0.3, -0.25) is 0 Å². The molecule has 0 N–H and O–H groups in total. The van der Waals surface area contributed by atoms with Crippen LogP contribution in [0.5, 0.6) is 0 Å². The lowest BCUT2D eigenvalue weighted by molar-refractivity contribution is -0.108. The molecule has 1 heterocycles. The Hall–Kier alpha value is -0.700. The van der Waals surface area contributed by atoms with Crippen molar-refractivity contribution in [2.45, 2.75) is 12.6 Å². The molecule has 54 valence electrons. The second-order valence-corrected chi connectivity index (χ2v) is 2.86. The fraction of sp³-hybridized carbons (Fsp3) is 0.286. The normalized spacial score (nSPS) is 12.9. The highest BCUT2D eigenvalue weighted by molar-refractivity contribution is 7.10. The van der Waals surface area contributed by atoms with E-state index in [1.807, 2.05) is 0 Å². The van der Waals surface area contributed by atoms with Crippen LogP contribution < -0.4 is 0 Å². The van der Waals surface area contributed by atoms with Gasteiger partial charge in [-0.15, -0.1) is 11.3 Å². The van der Waals surface area contributed by atoms with Crippen molar-refractivity contribution in [3.63, 3.8) is 0 Å². The molecule has 1 rings (SSSR count). The third kappa shape index (κ3) is 1.64. The first kappa shape index (κ1) is 7.41. The minimum atomic E-state index is -1.10. The molecule has 1 unspecified atom stereocenters. The number of carbonyl (C=O) groups excluding carboxylic acids is 1. The Morgan fingerprint density at radius 2 is 2.60 bits per heavy atom. The van der Waals surface area contributed by atoms with Gasteiger partial charge in [0.2, 0.25) is 0 Å². The third-order valence-electron chi connectivity index (χ3n) is 1.16. The molecule has 0 aliphatic heterocycles. The molecule has 1 aromatic rings. The maximum absolute atomic E-state index is 12.7. The highest BCUT2D eigenvalue weighted by atomic mass is 32.1. The van der Waals surface area contributed by atoms with Crippen LogP contribution in [0.4, 0.5) is 4.39 Å². The van der Waals surface area contributed by atoms with Gasteiger partial charge in [-0.25, -0.2) is 4.39 Å². The summed E-state index contributed by atoms with van der Waals surface area (Å²) in [6.07, 6.45) is -0.525. The van der Waals surface area contributed by atoms with Crippen molar-refractivity contribution >= 4 is 17.6 Å². The Labute approximate surface area is 62.5 Å². The lowest BCUT2D eigenvalue weighted by Crippen LogP contribution is -1.87. The number of halogens is 1. The van der Waals surface area contributed by atoms with Crippen LogP contribution in [0.25, 0.3) is 0 Å². The predicted molar refractivity (Wildman–Crippen MR) is 38.8 cm³/mol. The zero-order chi connectivity index (χ0) is 7.40. The van der Waals surface area contributed by atoms with Gasteiger partial charge in [0.25, 0.3) is 0 Å². The van der Waals surface area contributed by atoms with Crippen molar-refractivity contribution in [3.8, 4) is 0 Å². The van der Waals surface area contributed by atoms with Crippen molar-refractivity contribution in [2.75, 3.05) is 0 Å². The highest BCUT2D eigenvalue weighted by Crippen LogP contribution is 2.24. The van der Waals surface area contributed by atoms with Crippen LogP contribution in [0.3, 0.4) is 0 Å². The third-order valence-corrected chi connectivity index (χ3v) is 2.11. The SMILES string of the molecule is O=CCC(F)c1cccs1. The first-order chi connectivity index (χ1) is 4.84. The molecule has 1 atom stereocenters. The van der Waals surface area contributed by atoms with E-state index in [0.717, 1.165) is 0 Å². The Bertz CT molecular complexity index is 195. The molecule has 0 radical (unpaired) electrons. The van der Waals surface area contributed by atoms with Gasteiger partial charge in [0.15, 0.2) is 0 Å². The van der Waals surface area contributed by atoms with E-state index in [-0.39, 0.29) is 6.42 Å². The molecule has 0 aromatic carbocycles. The van der Waals surface area contributed by atoms with E-state index >= 15 is 0 Å². The largest absolute Gasteiger partial charge is 0.303 e. The van der Waals surface area contributed by atoms with Gasteiger partial charge in [0.1, 0.15) is 12.5 Å². The number of aldehydes is 1. The molecular weight excluding hydrogens is 151 g/mol. The van der Waals surface area contributed by atoms with E-state index in [0.29, 0.717) is 11.2 Å². The van der Waals surface area contributed by atoms with E-state index in [1.54, 1.807) is 17.5 Å². The summed E-state index contributed by atoms with van der Waals surface area (Å²) >= 11 is 1.34. The Balaban J connectivity index is 2.58. The molecule has 1 nitrogen and oxygen atoms in total. The molecule has 3 heteroatoms. The summed E-state index contributed by atoms with van der Waals surface area (Å²) in [7, 11) is 0. The number of hydrogen-bond donors (Lipinski definition) is 0. The van der Waals surface area contributed by atoms with Crippen LogP contribution in [-0.2, 0) is 4.79 Å². The molecule has 10 heavy (non-hydrogen) atoms. The van der Waals surface area contributed by atoms with Crippen molar-refractivity contribution in [3.05, 3.63) is 22.4 Å². The van der Waals surface area contributed by atoms with Gasteiger partial charge >= 0.3 is 0 Å². The zero-order valence-corrected chi connectivity index (χ0v) is 6.10. The Kier molecular flexibility index (Phi) is 2.57. The van der Waals surface area contributed by atoms with Crippen LogP contribution in [-0.4, -0.2) is 6.29 Å². The fourth-order valence-corrected chi connectivity index (χ4v) is 1.39. The van der Waals surface area contributed by atoms with Crippen LogP contribution in [0, 0.1) is 0 Å². The van der Waals surface area contributed by atoms with E-state index in [9.17, 15) is 9.18 Å². The van der Waals surface area contributed by atoms with Gasteiger partial charge < -0.3 is 4.79 Å². The van der Waals surface area contributed by atoms with Gasteiger partial charge in [-0.05, 0) is 11.4 Å². The standard InChI is InChI=1S/C7H7FOS/c8-6(3-4-9)7-2-1-5-10-7/h1-2,4-6H,3H2. The number of carbonyl (C=O) groups is 1. The number of rotatable bonds is 3. The van der Waals surface area contributed by atoms with E-state index < -0.39 is 6.17 Å². The number of hydrogen-bond acceptors (Lipinski definition) is 2. The van der Waals surface area contributed by atoms with Gasteiger partial charge in [0, 0.05) is 11.3 Å². The first-order valence-electron chi connectivity index (χ1n) is 2.95. The average Bonchev–Trinajstić information content (AvgIpc) is 2.38. The molecule has 0 amide bonds.